The molecular weight excluding hydrogens is 210 g/mol. The summed E-state index contributed by atoms with van der Waals surface area (Å²) in [6.07, 6.45) is 4.43. The molecular formula is C15H21NO. The standard InChI is InChI=1S/C15H21NO/c17-15(8-4-9-15)14-7-10-16(12-14)11-13-5-2-1-3-6-13/h1-3,5-6,14,17H,4,7-12H2. The fraction of sp³-hybridized carbons (Fsp3) is 0.600. The number of aliphatic hydroxyl groups is 1. The van der Waals surface area contributed by atoms with E-state index in [-0.39, 0.29) is 5.60 Å². The minimum atomic E-state index is -0.314. The van der Waals surface area contributed by atoms with Crippen molar-refractivity contribution >= 4 is 0 Å². The molecule has 1 unspecified atom stereocenters. The lowest BCUT2D eigenvalue weighted by molar-refractivity contribution is -0.0798. The molecule has 1 aliphatic carbocycles. The van der Waals surface area contributed by atoms with Gasteiger partial charge in [0.25, 0.3) is 0 Å². The smallest absolute Gasteiger partial charge is 0.0688 e. The highest BCUT2D eigenvalue weighted by Gasteiger charge is 2.44. The molecule has 1 saturated carbocycles. The zero-order valence-electron chi connectivity index (χ0n) is 10.3. The SMILES string of the molecule is OC1(C2CCN(Cc3ccccc3)C2)CCC1. The third kappa shape index (κ3) is 2.24. The van der Waals surface area contributed by atoms with Gasteiger partial charge in [-0.1, -0.05) is 30.3 Å². The molecule has 1 saturated heterocycles. The predicted octanol–water partition coefficient (Wildman–Crippen LogP) is 2.42. The van der Waals surface area contributed by atoms with Crippen molar-refractivity contribution in [3.05, 3.63) is 35.9 Å². The van der Waals surface area contributed by atoms with Gasteiger partial charge < -0.3 is 5.11 Å². The summed E-state index contributed by atoms with van der Waals surface area (Å²) in [5, 5.41) is 10.4. The van der Waals surface area contributed by atoms with E-state index in [0.717, 1.165) is 32.5 Å². The van der Waals surface area contributed by atoms with Crippen LogP contribution in [0.1, 0.15) is 31.2 Å². The quantitative estimate of drug-likeness (QED) is 0.863. The zero-order chi connectivity index (χ0) is 11.7. The van der Waals surface area contributed by atoms with Crippen LogP contribution in [0.5, 0.6) is 0 Å². The Balaban J connectivity index is 1.57. The molecule has 1 atom stereocenters. The predicted molar refractivity (Wildman–Crippen MR) is 68.6 cm³/mol. The Morgan fingerprint density at radius 2 is 2.00 bits per heavy atom. The monoisotopic (exact) mass is 231 g/mol. The number of hydrogen-bond donors (Lipinski definition) is 1. The summed E-state index contributed by atoms with van der Waals surface area (Å²) in [7, 11) is 0. The molecule has 1 aromatic rings. The normalized spacial score (nSPS) is 27.9. The van der Waals surface area contributed by atoms with Crippen LogP contribution in [0.4, 0.5) is 0 Å². The van der Waals surface area contributed by atoms with Crippen molar-refractivity contribution < 1.29 is 5.11 Å². The van der Waals surface area contributed by atoms with Crippen LogP contribution in [-0.2, 0) is 6.54 Å². The van der Waals surface area contributed by atoms with Crippen LogP contribution in [-0.4, -0.2) is 28.7 Å². The van der Waals surface area contributed by atoms with Crippen molar-refractivity contribution in [3.63, 3.8) is 0 Å². The molecule has 92 valence electrons. The highest BCUT2D eigenvalue weighted by Crippen LogP contribution is 2.42. The van der Waals surface area contributed by atoms with E-state index < -0.39 is 0 Å². The Bertz CT molecular complexity index is 372. The van der Waals surface area contributed by atoms with Crippen LogP contribution < -0.4 is 0 Å². The molecule has 2 heteroatoms. The molecule has 17 heavy (non-hydrogen) atoms. The van der Waals surface area contributed by atoms with Gasteiger partial charge >= 0.3 is 0 Å². The highest BCUT2D eigenvalue weighted by atomic mass is 16.3. The van der Waals surface area contributed by atoms with Gasteiger partial charge in [0.15, 0.2) is 0 Å². The number of likely N-dealkylation sites (tertiary alicyclic amines) is 1. The van der Waals surface area contributed by atoms with E-state index in [0.29, 0.717) is 5.92 Å². The Morgan fingerprint density at radius 1 is 1.24 bits per heavy atom. The number of benzene rings is 1. The number of rotatable bonds is 3. The molecule has 0 amide bonds. The summed E-state index contributed by atoms with van der Waals surface area (Å²) in [5.74, 6) is 0.514. The summed E-state index contributed by atoms with van der Waals surface area (Å²) in [5.41, 5.74) is 1.07. The first-order valence-corrected chi connectivity index (χ1v) is 6.75. The van der Waals surface area contributed by atoms with Crippen molar-refractivity contribution in [2.24, 2.45) is 5.92 Å². The minimum absolute atomic E-state index is 0.314. The zero-order valence-corrected chi connectivity index (χ0v) is 10.3. The van der Waals surface area contributed by atoms with Gasteiger partial charge in [-0.2, -0.15) is 0 Å². The summed E-state index contributed by atoms with van der Waals surface area (Å²) < 4.78 is 0. The van der Waals surface area contributed by atoms with Gasteiger partial charge in [0.1, 0.15) is 0 Å². The summed E-state index contributed by atoms with van der Waals surface area (Å²) in [6, 6.07) is 10.6. The first kappa shape index (κ1) is 11.2. The molecule has 2 nitrogen and oxygen atoms in total. The second-order valence-electron chi connectivity index (χ2n) is 5.66. The van der Waals surface area contributed by atoms with E-state index in [1.807, 2.05) is 0 Å². The van der Waals surface area contributed by atoms with Crippen molar-refractivity contribution in [2.75, 3.05) is 13.1 Å². The first-order valence-electron chi connectivity index (χ1n) is 6.75. The van der Waals surface area contributed by atoms with Crippen molar-refractivity contribution in [1.29, 1.82) is 0 Å². The van der Waals surface area contributed by atoms with E-state index in [1.165, 1.54) is 18.4 Å². The average Bonchev–Trinajstić information content (AvgIpc) is 2.76. The third-order valence-corrected chi connectivity index (χ3v) is 4.50. The van der Waals surface area contributed by atoms with Gasteiger partial charge in [-0.05, 0) is 37.8 Å². The largest absolute Gasteiger partial charge is 0.390 e. The molecule has 3 rings (SSSR count). The summed E-state index contributed by atoms with van der Waals surface area (Å²) in [6.45, 7) is 3.25. The second-order valence-corrected chi connectivity index (χ2v) is 5.66. The topological polar surface area (TPSA) is 23.5 Å². The van der Waals surface area contributed by atoms with Crippen LogP contribution >= 0.6 is 0 Å². The molecule has 0 aromatic heterocycles. The number of nitrogens with zero attached hydrogens (tertiary/aromatic N) is 1. The maximum Gasteiger partial charge on any atom is 0.0688 e. The molecule has 0 radical (unpaired) electrons. The van der Waals surface area contributed by atoms with Crippen LogP contribution in [0.3, 0.4) is 0 Å². The lowest BCUT2D eigenvalue weighted by Crippen LogP contribution is -2.45. The van der Waals surface area contributed by atoms with Gasteiger partial charge in [-0.25, -0.2) is 0 Å². The van der Waals surface area contributed by atoms with E-state index in [1.54, 1.807) is 0 Å². The van der Waals surface area contributed by atoms with Crippen molar-refractivity contribution in [3.8, 4) is 0 Å². The van der Waals surface area contributed by atoms with Crippen molar-refractivity contribution in [2.45, 2.75) is 37.8 Å². The Kier molecular flexibility index (Phi) is 2.93. The molecule has 1 N–H and O–H groups in total. The third-order valence-electron chi connectivity index (χ3n) is 4.50. The Morgan fingerprint density at radius 3 is 2.65 bits per heavy atom. The van der Waals surface area contributed by atoms with Crippen LogP contribution in [0.2, 0.25) is 0 Å². The van der Waals surface area contributed by atoms with E-state index in [4.69, 9.17) is 0 Å². The Labute approximate surface area is 103 Å². The van der Waals surface area contributed by atoms with Crippen LogP contribution in [0.25, 0.3) is 0 Å². The molecule has 1 heterocycles. The summed E-state index contributed by atoms with van der Waals surface area (Å²) >= 11 is 0. The van der Waals surface area contributed by atoms with Crippen LogP contribution in [0, 0.1) is 5.92 Å². The minimum Gasteiger partial charge on any atom is -0.390 e. The Hall–Kier alpha value is -0.860. The summed E-state index contributed by atoms with van der Waals surface area (Å²) in [4.78, 5) is 2.48. The maximum absolute atomic E-state index is 10.4. The first-order chi connectivity index (χ1) is 8.26. The molecule has 2 fully saturated rings. The van der Waals surface area contributed by atoms with Gasteiger partial charge in [0.05, 0.1) is 5.60 Å². The molecule has 2 aliphatic rings. The van der Waals surface area contributed by atoms with Gasteiger partial charge in [-0.3, -0.25) is 4.90 Å². The van der Waals surface area contributed by atoms with E-state index in [9.17, 15) is 5.11 Å². The van der Waals surface area contributed by atoms with E-state index >= 15 is 0 Å². The number of hydrogen-bond acceptors (Lipinski definition) is 2. The molecule has 0 spiro atoms. The maximum atomic E-state index is 10.4. The van der Waals surface area contributed by atoms with Crippen molar-refractivity contribution in [1.82, 2.24) is 4.90 Å². The highest BCUT2D eigenvalue weighted by molar-refractivity contribution is 5.14. The molecule has 1 aliphatic heterocycles. The second kappa shape index (κ2) is 4.43. The van der Waals surface area contributed by atoms with E-state index in [2.05, 4.69) is 35.2 Å². The van der Waals surface area contributed by atoms with Gasteiger partial charge in [0.2, 0.25) is 0 Å². The molecule has 0 bridgehead atoms. The fourth-order valence-corrected chi connectivity index (χ4v) is 3.20. The van der Waals surface area contributed by atoms with Gasteiger partial charge in [-0.15, -0.1) is 0 Å². The average molecular weight is 231 g/mol. The van der Waals surface area contributed by atoms with Gasteiger partial charge in [0, 0.05) is 19.0 Å². The molecule has 1 aromatic carbocycles. The lowest BCUT2D eigenvalue weighted by Gasteiger charge is -2.41. The fourth-order valence-electron chi connectivity index (χ4n) is 3.20. The van der Waals surface area contributed by atoms with Crippen LogP contribution in [0.15, 0.2) is 30.3 Å². The lowest BCUT2D eigenvalue weighted by atomic mass is 9.71.